The zero-order chi connectivity index (χ0) is 13.7. The van der Waals surface area contributed by atoms with Gasteiger partial charge in [-0.1, -0.05) is 0 Å². The Morgan fingerprint density at radius 3 is 3.16 bits per heavy atom. The average Bonchev–Trinajstić information content (AvgIpc) is 2.45. The highest BCUT2D eigenvalue weighted by molar-refractivity contribution is 5.66. The van der Waals surface area contributed by atoms with Crippen LogP contribution in [0.25, 0.3) is 0 Å². The molecule has 2 rings (SSSR count). The number of rotatable bonds is 4. The number of carboxylic acids is 1. The molecule has 1 unspecified atom stereocenters. The minimum atomic E-state index is -0.771. The van der Waals surface area contributed by atoms with Crippen LogP contribution in [0.2, 0.25) is 0 Å². The van der Waals surface area contributed by atoms with Crippen molar-refractivity contribution in [3.63, 3.8) is 0 Å². The third-order valence-corrected chi connectivity index (χ3v) is 3.50. The van der Waals surface area contributed by atoms with E-state index in [1.807, 2.05) is 0 Å². The Morgan fingerprint density at radius 1 is 1.58 bits per heavy atom. The van der Waals surface area contributed by atoms with Crippen LogP contribution >= 0.6 is 0 Å². The Bertz CT molecular complexity index is 496. The highest BCUT2D eigenvalue weighted by atomic mass is 16.4. The van der Waals surface area contributed by atoms with Gasteiger partial charge in [-0.05, 0) is 37.8 Å². The van der Waals surface area contributed by atoms with Gasteiger partial charge in [-0.25, -0.2) is 4.98 Å². The van der Waals surface area contributed by atoms with Crippen LogP contribution in [-0.2, 0) is 4.79 Å². The van der Waals surface area contributed by atoms with Gasteiger partial charge in [-0.2, -0.15) is 5.26 Å². The van der Waals surface area contributed by atoms with E-state index in [0.717, 1.165) is 25.8 Å². The summed E-state index contributed by atoms with van der Waals surface area (Å²) in [5, 5.41) is 18.0. The summed E-state index contributed by atoms with van der Waals surface area (Å²) in [5.41, 5.74) is 0.560. The van der Waals surface area contributed by atoms with E-state index in [4.69, 9.17) is 10.4 Å². The summed E-state index contributed by atoms with van der Waals surface area (Å²) in [5.74, 6) is -0.0767. The summed E-state index contributed by atoms with van der Waals surface area (Å²) < 4.78 is 0. The van der Waals surface area contributed by atoms with E-state index in [2.05, 4.69) is 16.0 Å². The maximum atomic E-state index is 10.7. The highest BCUT2D eigenvalue weighted by Crippen LogP contribution is 2.27. The molecule has 5 nitrogen and oxygen atoms in total. The molecule has 1 aliphatic heterocycles. The Hall–Kier alpha value is -2.09. The van der Waals surface area contributed by atoms with Crippen molar-refractivity contribution in [2.75, 3.05) is 11.4 Å². The Labute approximate surface area is 112 Å². The van der Waals surface area contributed by atoms with Crippen LogP contribution in [-0.4, -0.2) is 28.6 Å². The van der Waals surface area contributed by atoms with Gasteiger partial charge in [0.15, 0.2) is 0 Å². The second kappa shape index (κ2) is 6.19. The highest BCUT2D eigenvalue weighted by Gasteiger charge is 2.25. The topological polar surface area (TPSA) is 77.2 Å². The molecule has 0 saturated carbocycles. The lowest BCUT2D eigenvalue weighted by Gasteiger charge is -2.37. The number of pyridine rings is 1. The Morgan fingerprint density at radius 2 is 2.42 bits per heavy atom. The largest absolute Gasteiger partial charge is 0.481 e. The van der Waals surface area contributed by atoms with Crippen LogP contribution in [0.3, 0.4) is 0 Å². The fourth-order valence-electron chi connectivity index (χ4n) is 2.58. The van der Waals surface area contributed by atoms with Crippen molar-refractivity contribution in [3.05, 3.63) is 23.9 Å². The van der Waals surface area contributed by atoms with Gasteiger partial charge in [0.25, 0.3) is 0 Å². The summed E-state index contributed by atoms with van der Waals surface area (Å²) in [7, 11) is 0. The smallest absolute Gasteiger partial charge is 0.303 e. The van der Waals surface area contributed by atoms with Crippen LogP contribution in [0.15, 0.2) is 18.3 Å². The average molecular weight is 259 g/mol. The molecular weight excluding hydrogens is 242 g/mol. The third-order valence-electron chi connectivity index (χ3n) is 3.50. The predicted octanol–water partition coefficient (Wildman–Crippen LogP) is 2.18. The monoisotopic (exact) mass is 259 g/mol. The summed E-state index contributed by atoms with van der Waals surface area (Å²) in [6.45, 7) is 0.843. The van der Waals surface area contributed by atoms with Gasteiger partial charge in [-0.15, -0.1) is 0 Å². The van der Waals surface area contributed by atoms with Crippen LogP contribution in [0.4, 0.5) is 5.82 Å². The quantitative estimate of drug-likeness (QED) is 0.896. The van der Waals surface area contributed by atoms with E-state index in [1.54, 1.807) is 18.3 Å². The first-order valence-corrected chi connectivity index (χ1v) is 6.56. The number of hydrogen-bond donors (Lipinski definition) is 1. The summed E-state index contributed by atoms with van der Waals surface area (Å²) >= 11 is 0. The van der Waals surface area contributed by atoms with Crippen molar-refractivity contribution in [1.82, 2.24) is 4.98 Å². The normalized spacial score (nSPS) is 18.9. The van der Waals surface area contributed by atoms with Crippen molar-refractivity contribution < 1.29 is 9.90 Å². The SMILES string of the molecule is N#Cc1cccnc1N1CCCCC1CCC(=O)O. The van der Waals surface area contributed by atoms with Crippen molar-refractivity contribution in [2.24, 2.45) is 0 Å². The predicted molar refractivity (Wildman–Crippen MR) is 70.8 cm³/mol. The number of carbonyl (C=O) groups is 1. The number of hydrogen-bond acceptors (Lipinski definition) is 4. The van der Waals surface area contributed by atoms with Gasteiger partial charge in [-0.3, -0.25) is 4.79 Å². The number of anilines is 1. The molecule has 0 aromatic carbocycles. The molecule has 0 bridgehead atoms. The van der Waals surface area contributed by atoms with E-state index < -0.39 is 5.97 Å². The van der Waals surface area contributed by atoms with Crippen molar-refractivity contribution in [3.8, 4) is 6.07 Å². The fourth-order valence-corrected chi connectivity index (χ4v) is 2.58. The number of aliphatic carboxylic acids is 1. The second-order valence-corrected chi connectivity index (χ2v) is 4.76. The first-order chi connectivity index (χ1) is 9.22. The molecule has 2 heterocycles. The molecule has 1 fully saturated rings. The maximum Gasteiger partial charge on any atom is 0.303 e. The zero-order valence-electron chi connectivity index (χ0n) is 10.7. The van der Waals surface area contributed by atoms with E-state index >= 15 is 0 Å². The third kappa shape index (κ3) is 3.22. The molecule has 1 N–H and O–H groups in total. The summed E-state index contributed by atoms with van der Waals surface area (Å²) in [4.78, 5) is 17.1. The summed E-state index contributed by atoms with van der Waals surface area (Å²) in [6, 6.07) is 5.83. The molecule has 0 aliphatic carbocycles. The van der Waals surface area contributed by atoms with Crippen molar-refractivity contribution >= 4 is 11.8 Å². The molecular formula is C14H17N3O2. The lowest BCUT2D eigenvalue weighted by atomic mass is 9.97. The lowest BCUT2D eigenvalue weighted by molar-refractivity contribution is -0.137. The van der Waals surface area contributed by atoms with Gasteiger partial charge in [0.2, 0.25) is 0 Å². The molecule has 1 aliphatic rings. The molecule has 0 amide bonds. The van der Waals surface area contributed by atoms with Gasteiger partial charge in [0.05, 0.1) is 5.56 Å². The number of piperidine rings is 1. The van der Waals surface area contributed by atoms with Crippen LogP contribution in [0, 0.1) is 11.3 Å². The van der Waals surface area contributed by atoms with E-state index in [1.165, 1.54) is 0 Å². The van der Waals surface area contributed by atoms with Gasteiger partial charge in [0.1, 0.15) is 11.9 Å². The number of aromatic nitrogens is 1. The Balaban J connectivity index is 2.19. The minimum absolute atomic E-state index is 0.163. The lowest BCUT2D eigenvalue weighted by Crippen LogP contribution is -2.40. The molecule has 1 aromatic heterocycles. The molecule has 19 heavy (non-hydrogen) atoms. The molecule has 0 spiro atoms. The van der Waals surface area contributed by atoms with Gasteiger partial charge >= 0.3 is 5.97 Å². The van der Waals surface area contributed by atoms with Crippen LogP contribution < -0.4 is 4.90 Å². The van der Waals surface area contributed by atoms with Gasteiger partial charge < -0.3 is 10.0 Å². The minimum Gasteiger partial charge on any atom is -0.481 e. The molecule has 5 heteroatoms. The summed E-state index contributed by atoms with van der Waals surface area (Å²) in [6.07, 6.45) is 5.58. The molecule has 1 aromatic rings. The molecule has 100 valence electrons. The molecule has 0 radical (unpaired) electrons. The zero-order valence-corrected chi connectivity index (χ0v) is 10.7. The second-order valence-electron chi connectivity index (χ2n) is 4.76. The molecule has 1 atom stereocenters. The van der Waals surface area contributed by atoms with Gasteiger partial charge in [0, 0.05) is 25.2 Å². The van der Waals surface area contributed by atoms with E-state index in [9.17, 15) is 4.79 Å². The first-order valence-electron chi connectivity index (χ1n) is 6.56. The molecule has 1 saturated heterocycles. The standard InChI is InChI=1S/C14H17N3O2/c15-10-11-4-3-8-16-14(11)17-9-2-1-5-12(17)6-7-13(18)19/h3-4,8,12H,1-2,5-7,9H2,(H,18,19). The maximum absolute atomic E-state index is 10.7. The van der Waals surface area contributed by atoms with E-state index in [-0.39, 0.29) is 12.5 Å². The number of carboxylic acid groups (broad SMARTS) is 1. The van der Waals surface area contributed by atoms with Crippen molar-refractivity contribution in [2.45, 2.75) is 38.1 Å². The van der Waals surface area contributed by atoms with Crippen LogP contribution in [0.5, 0.6) is 0 Å². The first kappa shape index (κ1) is 13.3. The number of nitrogens with zero attached hydrogens (tertiary/aromatic N) is 3. The van der Waals surface area contributed by atoms with Crippen LogP contribution in [0.1, 0.15) is 37.7 Å². The number of nitriles is 1. The Kier molecular flexibility index (Phi) is 4.35. The van der Waals surface area contributed by atoms with E-state index in [0.29, 0.717) is 17.8 Å². The van der Waals surface area contributed by atoms with Crippen molar-refractivity contribution in [1.29, 1.82) is 5.26 Å². The fraction of sp³-hybridized carbons (Fsp3) is 0.500.